The number of aryl methyl sites for hydroxylation is 1. The molecule has 0 radical (unpaired) electrons. The van der Waals surface area contributed by atoms with Crippen LogP contribution in [0.2, 0.25) is 0 Å². The summed E-state index contributed by atoms with van der Waals surface area (Å²) in [6.07, 6.45) is 0.794. The van der Waals surface area contributed by atoms with Crippen LogP contribution >= 0.6 is 0 Å². The minimum absolute atomic E-state index is 0.266. The maximum atomic E-state index is 14.0. The van der Waals surface area contributed by atoms with Gasteiger partial charge in [0, 0.05) is 61.2 Å². The fourth-order valence-corrected chi connectivity index (χ4v) is 6.85. The van der Waals surface area contributed by atoms with Gasteiger partial charge < -0.3 is 9.64 Å². The van der Waals surface area contributed by atoms with E-state index in [0.29, 0.717) is 23.3 Å². The van der Waals surface area contributed by atoms with Gasteiger partial charge in [-0.3, -0.25) is 10.2 Å². The molecule has 5 aromatic rings. The van der Waals surface area contributed by atoms with Gasteiger partial charge in [0.1, 0.15) is 17.3 Å². The predicted molar refractivity (Wildman–Crippen MR) is 177 cm³/mol. The van der Waals surface area contributed by atoms with Crippen molar-refractivity contribution in [3.8, 4) is 22.5 Å². The molecule has 2 saturated heterocycles. The van der Waals surface area contributed by atoms with E-state index in [1.165, 1.54) is 17.7 Å². The molecule has 9 nitrogen and oxygen atoms in total. The summed E-state index contributed by atoms with van der Waals surface area (Å²) < 4.78 is 21.1. The zero-order valence-electron chi connectivity index (χ0n) is 26.6. The van der Waals surface area contributed by atoms with E-state index in [9.17, 15) is 9.18 Å². The van der Waals surface area contributed by atoms with Gasteiger partial charge in [0.2, 0.25) is 0 Å². The Bertz CT molecular complexity index is 1880. The molecule has 2 atom stereocenters. The van der Waals surface area contributed by atoms with Gasteiger partial charge >= 0.3 is 6.09 Å². The lowest BCUT2D eigenvalue weighted by atomic mass is 10.0. The Morgan fingerprint density at radius 3 is 2.37 bits per heavy atom. The van der Waals surface area contributed by atoms with Crippen LogP contribution in [-0.2, 0) is 11.3 Å². The Hall–Kier alpha value is -4.83. The second-order valence-corrected chi connectivity index (χ2v) is 12.7. The summed E-state index contributed by atoms with van der Waals surface area (Å²) in [6.45, 7) is 12.8. The number of anilines is 2. The van der Waals surface area contributed by atoms with Gasteiger partial charge in [-0.05, 0) is 81.5 Å². The predicted octanol–water partition coefficient (Wildman–Crippen LogP) is 6.74. The standard InChI is InChI=1S/C36H38FN7O2/c1-22(2)46-36(45)39-31-16-27(14-15-38-31)33-32(26-10-12-30(37)13-11-26)40-34-23(3)24(4)35(41-44(33)34)43-20-28-18-42(19-29(28)21-43)17-25-8-6-5-7-9-25/h5-16,22,28-29H,17-21H2,1-4H3,(H,38,39,45). The molecule has 2 aliphatic heterocycles. The number of fused-ring (bicyclic) bond motifs is 2. The van der Waals surface area contributed by atoms with E-state index in [4.69, 9.17) is 14.8 Å². The third-order valence-electron chi connectivity index (χ3n) is 9.12. The molecule has 236 valence electrons. The van der Waals surface area contributed by atoms with Crippen molar-refractivity contribution in [3.63, 3.8) is 0 Å². The third kappa shape index (κ3) is 5.80. The molecular weight excluding hydrogens is 581 g/mol. The number of hydrogen-bond donors (Lipinski definition) is 1. The van der Waals surface area contributed by atoms with Crippen LogP contribution in [0, 0.1) is 31.5 Å². The van der Waals surface area contributed by atoms with E-state index in [0.717, 1.165) is 72.1 Å². The number of carbonyl (C=O) groups is 1. The maximum Gasteiger partial charge on any atom is 0.413 e. The molecule has 10 heteroatoms. The van der Waals surface area contributed by atoms with Gasteiger partial charge in [-0.25, -0.2) is 23.7 Å². The van der Waals surface area contributed by atoms with Crippen molar-refractivity contribution < 1.29 is 13.9 Å². The van der Waals surface area contributed by atoms with Gasteiger partial charge in [0.25, 0.3) is 0 Å². The highest BCUT2D eigenvalue weighted by atomic mass is 19.1. The number of pyridine rings is 1. The number of amides is 1. The highest BCUT2D eigenvalue weighted by molar-refractivity contribution is 5.87. The molecule has 0 bridgehead atoms. The fourth-order valence-electron chi connectivity index (χ4n) is 6.85. The summed E-state index contributed by atoms with van der Waals surface area (Å²) in [7, 11) is 0. The zero-order valence-corrected chi connectivity index (χ0v) is 26.6. The van der Waals surface area contributed by atoms with Crippen LogP contribution in [0.4, 0.5) is 20.8 Å². The van der Waals surface area contributed by atoms with Gasteiger partial charge in [0.05, 0.1) is 11.8 Å². The quantitative estimate of drug-likeness (QED) is 0.216. The molecule has 2 unspecified atom stereocenters. The third-order valence-corrected chi connectivity index (χ3v) is 9.12. The molecule has 3 aromatic heterocycles. The Morgan fingerprint density at radius 1 is 0.957 bits per heavy atom. The molecule has 1 N–H and O–H groups in total. The van der Waals surface area contributed by atoms with Crippen molar-refractivity contribution in [2.75, 3.05) is 36.4 Å². The van der Waals surface area contributed by atoms with Gasteiger partial charge in [0.15, 0.2) is 11.5 Å². The number of nitrogens with zero attached hydrogens (tertiary/aromatic N) is 6. The minimum atomic E-state index is -0.578. The normalized spacial score (nSPS) is 18.0. The molecule has 46 heavy (non-hydrogen) atoms. The lowest BCUT2D eigenvalue weighted by Gasteiger charge is -2.24. The number of hydrogen-bond acceptors (Lipinski definition) is 7. The van der Waals surface area contributed by atoms with Gasteiger partial charge in [-0.1, -0.05) is 30.3 Å². The molecule has 5 heterocycles. The number of likely N-dealkylation sites (tertiary alicyclic amines) is 1. The smallest absolute Gasteiger partial charge is 0.413 e. The van der Waals surface area contributed by atoms with E-state index in [2.05, 4.69) is 64.3 Å². The van der Waals surface area contributed by atoms with Crippen LogP contribution in [0.25, 0.3) is 28.2 Å². The summed E-state index contributed by atoms with van der Waals surface area (Å²) in [5.41, 5.74) is 7.16. The first-order valence-corrected chi connectivity index (χ1v) is 15.8. The molecule has 2 aromatic carbocycles. The Morgan fingerprint density at radius 2 is 1.67 bits per heavy atom. The minimum Gasteiger partial charge on any atom is -0.447 e. The van der Waals surface area contributed by atoms with E-state index >= 15 is 0 Å². The molecule has 0 aliphatic carbocycles. The number of aromatic nitrogens is 4. The molecule has 2 fully saturated rings. The summed E-state index contributed by atoms with van der Waals surface area (Å²) in [5.74, 6) is 2.14. The summed E-state index contributed by atoms with van der Waals surface area (Å²) in [5, 5.41) is 7.99. The van der Waals surface area contributed by atoms with E-state index in [1.54, 1.807) is 38.2 Å². The van der Waals surface area contributed by atoms with Gasteiger partial charge in [-0.15, -0.1) is 5.10 Å². The number of nitrogens with one attached hydrogen (secondary N) is 1. The number of benzene rings is 2. The average molecular weight is 620 g/mol. The van der Waals surface area contributed by atoms with Crippen molar-refractivity contribution in [1.82, 2.24) is 24.5 Å². The van der Waals surface area contributed by atoms with Crippen molar-refractivity contribution in [3.05, 3.63) is 95.4 Å². The summed E-state index contributed by atoms with van der Waals surface area (Å²) >= 11 is 0. The zero-order chi connectivity index (χ0) is 31.9. The summed E-state index contributed by atoms with van der Waals surface area (Å²) in [6, 6.07) is 20.7. The number of ether oxygens (including phenoxy) is 1. The maximum absolute atomic E-state index is 14.0. The number of carbonyl (C=O) groups excluding carboxylic acids is 1. The second kappa shape index (κ2) is 12.2. The number of imidazole rings is 1. The van der Waals surface area contributed by atoms with Crippen LogP contribution in [0.3, 0.4) is 0 Å². The van der Waals surface area contributed by atoms with Crippen molar-refractivity contribution in [2.45, 2.75) is 40.3 Å². The second-order valence-electron chi connectivity index (χ2n) is 12.7. The lowest BCUT2D eigenvalue weighted by Crippen LogP contribution is -2.30. The number of halogens is 1. The monoisotopic (exact) mass is 619 g/mol. The van der Waals surface area contributed by atoms with E-state index < -0.39 is 6.09 Å². The Balaban J connectivity index is 1.25. The van der Waals surface area contributed by atoms with Crippen molar-refractivity contribution >= 4 is 23.4 Å². The molecule has 0 saturated carbocycles. The van der Waals surface area contributed by atoms with Crippen LogP contribution in [0.5, 0.6) is 0 Å². The molecule has 2 aliphatic rings. The van der Waals surface area contributed by atoms with Crippen LogP contribution < -0.4 is 10.2 Å². The molecule has 1 amide bonds. The van der Waals surface area contributed by atoms with Crippen molar-refractivity contribution in [1.29, 1.82) is 0 Å². The topological polar surface area (TPSA) is 87.9 Å². The molecule has 7 rings (SSSR count). The lowest BCUT2D eigenvalue weighted by molar-refractivity contribution is 0.130. The van der Waals surface area contributed by atoms with E-state index in [1.807, 2.05) is 10.6 Å². The first-order chi connectivity index (χ1) is 22.2. The van der Waals surface area contributed by atoms with Crippen LogP contribution in [0.15, 0.2) is 72.9 Å². The molecular formula is C36H38FN7O2. The van der Waals surface area contributed by atoms with Crippen LogP contribution in [-0.4, -0.2) is 62.9 Å². The highest BCUT2D eigenvalue weighted by Gasteiger charge is 2.41. The van der Waals surface area contributed by atoms with Crippen LogP contribution in [0.1, 0.15) is 30.5 Å². The van der Waals surface area contributed by atoms with Gasteiger partial charge in [-0.2, -0.15) is 0 Å². The molecule has 0 spiro atoms. The highest BCUT2D eigenvalue weighted by Crippen LogP contribution is 2.39. The van der Waals surface area contributed by atoms with Crippen molar-refractivity contribution in [2.24, 2.45) is 11.8 Å². The first-order valence-electron chi connectivity index (χ1n) is 15.8. The largest absolute Gasteiger partial charge is 0.447 e. The Labute approximate surface area is 268 Å². The van der Waals surface area contributed by atoms with E-state index in [-0.39, 0.29) is 11.9 Å². The SMILES string of the molecule is Cc1c(N2CC3CN(Cc4ccccc4)CC3C2)nn2c(-c3ccnc(NC(=O)OC(C)C)c3)c(-c3ccc(F)cc3)nc2c1C. The first kappa shape index (κ1) is 29.9. The number of rotatable bonds is 7. The fraction of sp³-hybridized carbons (Fsp3) is 0.333. The Kier molecular flexibility index (Phi) is 7.90. The summed E-state index contributed by atoms with van der Waals surface area (Å²) in [4.78, 5) is 26.8. The average Bonchev–Trinajstić information content (AvgIpc) is 3.71.